The zero-order valence-corrected chi connectivity index (χ0v) is 13.6. The molecule has 0 amide bonds. The molecule has 0 atom stereocenters. The molecular weight excluding hydrogens is 292 g/mol. The van der Waals surface area contributed by atoms with Crippen LogP contribution in [0.25, 0.3) is 0 Å². The number of esters is 3. The second kappa shape index (κ2) is 6.25. The van der Waals surface area contributed by atoms with Crippen LogP contribution < -0.4 is 0 Å². The first-order chi connectivity index (χ1) is 10.1. The van der Waals surface area contributed by atoms with Gasteiger partial charge in [-0.3, -0.25) is 4.79 Å². The Morgan fingerprint density at radius 3 is 2.18 bits per heavy atom. The molecule has 8 nitrogen and oxygen atoms in total. The maximum absolute atomic E-state index is 12.3. The molecule has 1 aliphatic rings. The highest BCUT2D eigenvalue weighted by Gasteiger charge is 2.41. The molecule has 1 rings (SSSR count). The van der Waals surface area contributed by atoms with E-state index in [0.29, 0.717) is 0 Å². The molecule has 0 bridgehead atoms. The van der Waals surface area contributed by atoms with Crippen LogP contribution in [0.1, 0.15) is 27.7 Å². The van der Waals surface area contributed by atoms with Crippen molar-refractivity contribution in [3.05, 3.63) is 11.3 Å². The predicted octanol–water partition coefficient (Wildman–Crippen LogP) is 1.40. The summed E-state index contributed by atoms with van der Waals surface area (Å²) in [6, 6.07) is 0. The number of methoxy groups -OCH3 is 2. The molecular formula is C14H20N2O6. The number of ether oxygens (including phenoxy) is 3. The van der Waals surface area contributed by atoms with Crippen molar-refractivity contribution in [3.8, 4) is 0 Å². The smallest absolute Gasteiger partial charge is 0.359 e. The highest BCUT2D eigenvalue weighted by Crippen LogP contribution is 2.33. The number of nitrogens with zero attached hydrogens (tertiary/aromatic N) is 2. The number of azo groups is 1. The van der Waals surface area contributed by atoms with E-state index in [0.717, 1.165) is 0 Å². The van der Waals surface area contributed by atoms with Crippen molar-refractivity contribution in [1.29, 1.82) is 0 Å². The molecule has 0 aliphatic carbocycles. The van der Waals surface area contributed by atoms with Gasteiger partial charge in [0, 0.05) is 0 Å². The Morgan fingerprint density at radius 1 is 1.09 bits per heavy atom. The summed E-state index contributed by atoms with van der Waals surface area (Å²) >= 11 is 0. The highest BCUT2D eigenvalue weighted by molar-refractivity contribution is 6.02. The summed E-state index contributed by atoms with van der Waals surface area (Å²) in [7, 11) is 2.43. The van der Waals surface area contributed by atoms with E-state index in [9.17, 15) is 14.4 Å². The first-order valence-corrected chi connectivity index (χ1v) is 6.58. The fraction of sp³-hybridized carbons (Fsp3) is 0.643. The van der Waals surface area contributed by atoms with Gasteiger partial charge in [-0.15, -0.1) is 5.11 Å². The molecule has 0 spiro atoms. The van der Waals surface area contributed by atoms with E-state index in [1.54, 1.807) is 27.7 Å². The molecule has 0 saturated heterocycles. The van der Waals surface area contributed by atoms with Crippen LogP contribution in [0.2, 0.25) is 0 Å². The van der Waals surface area contributed by atoms with Gasteiger partial charge in [-0.25, -0.2) is 9.59 Å². The van der Waals surface area contributed by atoms with Crippen LogP contribution in [0.4, 0.5) is 0 Å². The van der Waals surface area contributed by atoms with Crippen LogP contribution in [0, 0.1) is 5.41 Å². The summed E-state index contributed by atoms with van der Waals surface area (Å²) in [4.78, 5) is 35.5. The minimum Gasteiger partial charge on any atom is -0.469 e. The molecule has 0 aromatic heterocycles. The quantitative estimate of drug-likeness (QED) is 0.561. The maximum atomic E-state index is 12.3. The Morgan fingerprint density at radius 2 is 1.68 bits per heavy atom. The Balaban J connectivity index is 2.96. The third-order valence-corrected chi connectivity index (χ3v) is 3.13. The molecule has 0 N–H and O–H groups in total. The summed E-state index contributed by atoms with van der Waals surface area (Å²) in [5.74, 6) is -2.05. The number of carbonyl (C=O) groups is 3. The molecule has 0 saturated carbocycles. The minimum atomic E-state index is -1.01. The third-order valence-electron chi connectivity index (χ3n) is 3.13. The molecule has 1 aliphatic heterocycles. The van der Waals surface area contributed by atoms with Gasteiger partial charge in [0.2, 0.25) is 0 Å². The van der Waals surface area contributed by atoms with Crippen molar-refractivity contribution >= 4 is 17.9 Å². The summed E-state index contributed by atoms with van der Waals surface area (Å²) in [5, 5.41) is 7.57. The standard InChI is InChI=1S/C14H20N2O6/c1-13(2,12(19)21-6)7-22-10(17)8-9(11(18)20-5)15-16-14(8,3)4/h7H2,1-6H3. The average molecular weight is 312 g/mol. The number of hydrogen-bond acceptors (Lipinski definition) is 8. The molecule has 8 heteroatoms. The van der Waals surface area contributed by atoms with Gasteiger partial charge in [0.25, 0.3) is 0 Å². The zero-order valence-electron chi connectivity index (χ0n) is 13.6. The van der Waals surface area contributed by atoms with Crippen LogP contribution in [0.5, 0.6) is 0 Å². The Bertz CT molecular complexity index is 560. The van der Waals surface area contributed by atoms with E-state index in [2.05, 4.69) is 19.7 Å². The van der Waals surface area contributed by atoms with Crippen LogP contribution in [-0.2, 0) is 28.6 Å². The van der Waals surface area contributed by atoms with Crippen molar-refractivity contribution in [1.82, 2.24) is 0 Å². The van der Waals surface area contributed by atoms with E-state index in [1.165, 1.54) is 14.2 Å². The van der Waals surface area contributed by atoms with Gasteiger partial charge in [0.05, 0.1) is 19.6 Å². The summed E-state index contributed by atoms with van der Waals surface area (Å²) in [6.07, 6.45) is 0. The highest BCUT2D eigenvalue weighted by atomic mass is 16.5. The molecule has 0 aromatic carbocycles. The number of rotatable bonds is 5. The Kier molecular flexibility index (Phi) is 5.05. The number of carbonyl (C=O) groups excluding carboxylic acids is 3. The molecule has 0 aromatic rings. The second-order valence-electron chi connectivity index (χ2n) is 5.93. The van der Waals surface area contributed by atoms with Crippen molar-refractivity contribution in [2.24, 2.45) is 15.6 Å². The molecule has 0 unspecified atom stereocenters. The fourth-order valence-electron chi connectivity index (χ4n) is 1.80. The lowest BCUT2D eigenvalue weighted by Gasteiger charge is -2.23. The van der Waals surface area contributed by atoms with Crippen LogP contribution in [0.3, 0.4) is 0 Å². The van der Waals surface area contributed by atoms with E-state index in [4.69, 9.17) is 4.74 Å². The summed E-state index contributed by atoms with van der Waals surface area (Å²) in [6.45, 7) is 6.20. The van der Waals surface area contributed by atoms with Gasteiger partial charge < -0.3 is 14.2 Å². The summed E-state index contributed by atoms with van der Waals surface area (Å²) in [5.41, 5.74) is -2.20. The van der Waals surface area contributed by atoms with Crippen molar-refractivity contribution in [3.63, 3.8) is 0 Å². The van der Waals surface area contributed by atoms with Gasteiger partial charge in [0.15, 0.2) is 5.70 Å². The van der Waals surface area contributed by atoms with Crippen LogP contribution in [-0.4, -0.2) is 44.3 Å². The van der Waals surface area contributed by atoms with E-state index in [1.807, 2.05) is 0 Å². The third kappa shape index (κ3) is 3.49. The lowest BCUT2D eigenvalue weighted by molar-refractivity contribution is -0.158. The topological polar surface area (TPSA) is 104 Å². The average Bonchev–Trinajstić information content (AvgIpc) is 2.78. The largest absolute Gasteiger partial charge is 0.469 e. The van der Waals surface area contributed by atoms with Crippen molar-refractivity contribution < 1.29 is 28.6 Å². The molecule has 0 fully saturated rings. The van der Waals surface area contributed by atoms with Crippen molar-refractivity contribution in [2.75, 3.05) is 20.8 Å². The summed E-state index contributed by atoms with van der Waals surface area (Å²) < 4.78 is 14.4. The Labute approximate surface area is 128 Å². The monoisotopic (exact) mass is 312 g/mol. The van der Waals surface area contributed by atoms with E-state index in [-0.39, 0.29) is 17.9 Å². The molecule has 122 valence electrons. The van der Waals surface area contributed by atoms with E-state index >= 15 is 0 Å². The van der Waals surface area contributed by atoms with Gasteiger partial charge >= 0.3 is 17.9 Å². The molecule has 1 heterocycles. The maximum Gasteiger partial charge on any atom is 0.359 e. The van der Waals surface area contributed by atoms with Gasteiger partial charge in [-0.2, -0.15) is 5.11 Å². The first kappa shape index (κ1) is 17.8. The zero-order chi connectivity index (χ0) is 17.1. The van der Waals surface area contributed by atoms with Crippen LogP contribution in [0.15, 0.2) is 21.5 Å². The van der Waals surface area contributed by atoms with Gasteiger partial charge in [-0.1, -0.05) is 0 Å². The minimum absolute atomic E-state index is 0.0000146. The normalized spacial score (nSPS) is 16.5. The number of hydrogen-bond donors (Lipinski definition) is 0. The van der Waals surface area contributed by atoms with Gasteiger partial charge in [-0.05, 0) is 27.7 Å². The fourth-order valence-corrected chi connectivity index (χ4v) is 1.80. The van der Waals surface area contributed by atoms with E-state index < -0.39 is 28.9 Å². The van der Waals surface area contributed by atoms with Crippen molar-refractivity contribution in [2.45, 2.75) is 33.2 Å². The van der Waals surface area contributed by atoms with Gasteiger partial charge in [0.1, 0.15) is 17.7 Å². The SMILES string of the molecule is COC(=O)C1=C(C(=O)OCC(C)(C)C(=O)OC)C(C)(C)N=N1. The predicted molar refractivity (Wildman–Crippen MR) is 74.7 cm³/mol. The molecule has 22 heavy (non-hydrogen) atoms. The Hall–Kier alpha value is -2.25. The van der Waals surface area contributed by atoms with Crippen LogP contribution >= 0.6 is 0 Å². The lowest BCUT2D eigenvalue weighted by Crippen LogP contribution is -2.34. The molecule has 0 radical (unpaired) electrons. The first-order valence-electron chi connectivity index (χ1n) is 6.58. The second-order valence-corrected chi connectivity index (χ2v) is 5.93. The lowest BCUT2D eigenvalue weighted by atomic mass is 9.93.